The molecule has 26 heavy (non-hydrogen) atoms. The summed E-state index contributed by atoms with van der Waals surface area (Å²) in [5, 5.41) is 11.2. The molecule has 5 nitrogen and oxygen atoms in total. The summed E-state index contributed by atoms with van der Waals surface area (Å²) in [4.78, 5) is 0.0920. The van der Waals surface area contributed by atoms with Crippen LogP contribution >= 0.6 is 0 Å². The third-order valence-electron chi connectivity index (χ3n) is 5.13. The zero-order chi connectivity index (χ0) is 18.9. The first kappa shape index (κ1) is 18.9. The average Bonchev–Trinajstić information content (AvgIpc) is 3.48. The van der Waals surface area contributed by atoms with Crippen LogP contribution < -0.4 is 9.46 Å². The molecule has 1 aliphatic carbocycles. The number of hydrogen-bond acceptors (Lipinski definition) is 4. The Bertz CT molecular complexity index is 892. The summed E-state index contributed by atoms with van der Waals surface area (Å²) < 4.78 is 33.6. The highest BCUT2D eigenvalue weighted by atomic mass is 32.2. The molecule has 2 aromatic carbocycles. The molecular formula is C20H25NO4S. The maximum atomic E-state index is 12.9. The van der Waals surface area contributed by atoms with E-state index in [0.29, 0.717) is 5.75 Å². The predicted octanol–water partition coefficient (Wildman–Crippen LogP) is 2.89. The number of aryl methyl sites for hydroxylation is 2. The van der Waals surface area contributed by atoms with E-state index < -0.39 is 15.6 Å². The number of rotatable bonds is 7. The van der Waals surface area contributed by atoms with Gasteiger partial charge in [-0.05, 0) is 61.4 Å². The Balaban J connectivity index is 1.89. The number of nitrogens with one attached hydrogen (secondary N) is 1. The molecule has 140 valence electrons. The second kappa shape index (κ2) is 7.02. The molecule has 0 aliphatic heterocycles. The molecule has 0 spiro atoms. The Kier molecular flexibility index (Phi) is 5.10. The molecule has 3 rings (SSSR count). The van der Waals surface area contributed by atoms with E-state index in [0.717, 1.165) is 29.5 Å². The number of benzene rings is 2. The molecule has 0 saturated heterocycles. The van der Waals surface area contributed by atoms with Crippen molar-refractivity contribution >= 4 is 10.0 Å². The standard InChI is InChI=1S/C20H25NO4S/c1-14-11-18(25-3)19(12-15(14)2)26(23,24)21-13-20(22,17-9-10-17)16-7-5-4-6-8-16/h4-8,11-12,17,21-22H,9-10,13H2,1-3H3. The first-order chi connectivity index (χ1) is 12.3. The molecule has 1 atom stereocenters. The molecule has 1 fully saturated rings. The minimum absolute atomic E-state index is 0.0641. The van der Waals surface area contributed by atoms with Crippen molar-refractivity contribution in [1.82, 2.24) is 4.72 Å². The maximum Gasteiger partial charge on any atom is 0.244 e. The minimum Gasteiger partial charge on any atom is -0.495 e. The Morgan fingerprint density at radius 3 is 2.35 bits per heavy atom. The van der Waals surface area contributed by atoms with E-state index in [-0.39, 0.29) is 17.4 Å². The number of sulfonamides is 1. The van der Waals surface area contributed by atoms with Gasteiger partial charge in [0.05, 0.1) is 7.11 Å². The highest BCUT2D eigenvalue weighted by molar-refractivity contribution is 7.89. The van der Waals surface area contributed by atoms with Crippen LogP contribution in [0.1, 0.15) is 29.5 Å². The van der Waals surface area contributed by atoms with Crippen LogP contribution in [0.3, 0.4) is 0 Å². The summed E-state index contributed by atoms with van der Waals surface area (Å²) in [5.74, 6) is 0.365. The van der Waals surface area contributed by atoms with Gasteiger partial charge in [-0.1, -0.05) is 30.3 Å². The molecular weight excluding hydrogens is 350 g/mol. The Morgan fingerprint density at radius 2 is 1.77 bits per heavy atom. The summed E-state index contributed by atoms with van der Waals surface area (Å²) in [6.45, 7) is 3.70. The fourth-order valence-corrected chi connectivity index (χ4v) is 4.49. The molecule has 1 saturated carbocycles. The zero-order valence-corrected chi connectivity index (χ0v) is 16.1. The van der Waals surface area contributed by atoms with Gasteiger partial charge in [-0.25, -0.2) is 13.1 Å². The van der Waals surface area contributed by atoms with Gasteiger partial charge in [0.15, 0.2) is 0 Å². The lowest BCUT2D eigenvalue weighted by molar-refractivity contribution is 0.0185. The fourth-order valence-electron chi connectivity index (χ4n) is 3.19. The molecule has 2 aromatic rings. The summed E-state index contributed by atoms with van der Waals surface area (Å²) >= 11 is 0. The minimum atomic E-state index is -3.82. The van der Waals surface area contributed by atoms with Gasteiger partial charge in [0, 0.05) is 6.54 Å². The molecule has 0 amide bonds. The molecule has 0 radical (unpaired) electrons. The van der Waals surface area contributed by atoms with E-state index >= 15 is 0 Å². The molecule has 0 aromatic heterocycles. The van der Waals surface area contributed by atoms with Crippen LogP contribution in [0.2, 0.25) is 0 Å². The zero-order valence-electron chi connectivity index (χ0n) is 15.3. The van der Waals surface area contributed by atoms with E-state index in [9.17, 15) is 13.5 Å². The van der Waals surface area contributed by atoms with Gasteiger partial charge in [-0.3, -0.25) is 0 Å². The Morgan fingerprint density at radius 1 is 1.15 bits per heavy atom. The molecule has 0 heterocycles. The van der Waals surface area contributed by atoms with Gasteiger partial charge in [-0.15, -0.1) is 0 Å². The second-order valence-electron chi connectivity index (χ2n) is 6.98. The molecule has 1 aliphatic rings. The number of ether oxygens (including phenoxy) is 1. The number of methoxy groups -OCH3 is 1. The first-order valence-corrected chi connectivity index (χ1v) is 10.2. The van der Waals surface area contributed by atoms with Crippen LogP contribution in [0.25, 0.3) is 0 Å². The second-order valence-corrected chi connectivity index (χ2v) is 8.71. The van der Waals surface area contributed by atoms with E-state index in [2.05, 4.69) is 4.72 Å². The van der Waals surface area contributed by atoms with Gasteiger partial charge in [-0.2, -0.15) is 0 Å². The van der Waals surface area contributed by atoms with Crippen molar-refractivity contribution < 1.29 is 18.3 Å². The summed E-state index contributed by atoms with van der Waals surface area (Å²) in [6.07, 6.45) is 1.78. The van der Waals surface area contributed by atoms with Gasteiger partial charge >= 0.3 is 0 Å². The monoisotopic (exact) mass is 375 g/mol. The SMILES string of the molecule is COc1cc(C)c(C)cc1S(=O)(=O)NCC(O)(c1ccccc1)C1CC1. The van der Waals surface area contributed by atoms with E-state index in [4.69, 9.17) is 4.74 Å². The fraction of sp³-hybridized carbons (Fsp3) is 0.400. The summed E-state index contributed by atoms with van der Waals surface area (Å²) in [6, 6.07) is 12.6. The van der Waals surface area contributed by atoms with Gasteiger partial charge < -0.3 is 9.84 Å². The predicted molar refractivity (Wildman–Crippen MR) is 101 cm³/mol. The van der Waals surface area contributed by atoms with Gasteiger partial charge in [0.2, 0.25) is 10.0 Å². The van der Waals surface area contributed by atoms with Crippen LogP contribution in [0, 0.1) is 19.8 Å². The highest BCUT2D eigenvalue weighted by Crippen LogP contribution is 2.45. The van der Waals surface area contributed by atoms with Gasteiger partial charge in [0.25, 0.3) is 0 Å². The lowest BCUT2D eigenvalue weighted by atomic mass is 9.89. The quantitative estimate of drug-likeness (QED) is 0.780. The Labute approximate surface area is 155 Å². The van der Waals surface area contributed by atoms with Crippen molar-refractivity contribution in [2.24, 2.45) is 5.92 Å². The van der Waals surface area contributed by atoms with E-state index in [1.165, 1.54) is 7.11 Å². The van der Waals surface area contributed by atoms with Crippen LogP contribution in [-0.2, 0) is 15.6 Å². The molecule has 6 heteroatoms. The van der Waals surface area contributed by atoms with Crippen LogP contribution in [0.5, 0.6) is 5.75 Å². The van der Waals surface area contributed by atoms with Crippen molar-refractivity contribution in [3.05, 3.63) is 59.2 Å². The van der Waals surface area contributed by atoms with Crippen molar-refractivity contribution in [2.45, 2.75) is 37.2 Å². The third kappa shape index (κ3) is 3.63. The smallest absolute Gasteiger partial charge is 0.244 e. The van der Waals surface area contributed by atoms with Crippen LogP contribution in [0.15, 0.2) is 47.4 Å². The topological polar surface area (TPSA) is 75.6 Å². The Hall–Kier alpha value is -1.89. The van der Waals surface area contributed by atoms with E-state index in [1.54, 1.807) is 12.1 Å². The number of aliphatic hydroxyl groups is 1. The normalized spacial score (nSPS) is 16.9. The molecule has 1 unspecified atom stereocenters. The van der Waals surface area contributed by atoms with E-state index in [1.807, 2.05) is 44.2 Å². The van der Waals surface area contributed by atoms with Crippen LogP contribution in [0.4, 0.5) is 0 Å². The van der Waals surface area contributed by atoms with Crippen LogP contribution in [-0.4, -0.2) is 27.2 Å². The summed E-state index contributed by atoms with van der Waals surface area (Å²) in [5.41, 5.74) is 1.35. The summed E-state index contributed by atoms with van der Waals surface area (Å²) in [7, 11) is -2.37. The molecule has 0 bridgehead atoms. The number of hydrogen-bond donors (Lipinski definition) is 2. The van der Waals surface area contributed by atoms with Gasteiger partial charge in [0.1, 0.15) is 16.2 Å². The average molecular weight is 375 g/mol. The van der Waals surface area contributed by atoms with Crippen molar-refractivity contribution in [2.75, 3.05) is 13.7 Å². The lowest BCUT2D eigenvalue weighted by Crippen LogP contribution is -2.42. The first-order valence-electron chi connectivity index (χ1n) is 8.71. The highest BCUT2D eigenvalue weighted by Gasteiger charge is 2.45. The maximum absolute atomic E-state index is 12.9. The largest absolute Gasteiger partial charge is 0.495 e. The van der Waals surface area contributed by atoms with Crippen molar-refractivity contribution in [3.63, 3.8) is 0 Å². The molecule has 2 N–H and O–H groups in total. The third-order valence-corrected chi connectivity index (χ3v) is 6.55. The van der Waals surface area contributed by atoms with Crippen molar-refractivity contribution in [3.8, 4) is 5.75 Å². The van der Waals surface area contributed by atoms with Crippen molar-refractivity contribution in [1.29, 1.82) is 0 Å². The lowest BCUT2D eigenvalue weighted by Gasteiger charge is -2.29.